The maximum Gasteiger partial charge on any atom is 0.329 e. The van der Waals surface area contributed by atoms with Crippen LogP contribution in [-0.2, 0) is 18.8 Å². The van der Waals surface area contributed by atoms with Crippen LogP contribution in [0.3, 0.4) is 0 Å². The molecular formula is C25H33NO4SSi. The second-order valence-corrected chi connectivity index (χ2v) is 14.0. The lowest BCUT2D eigenvalue weighted by Gasteiger charge is -2.43. The molecule has 0 spiro atoms. The maximum absolute atomic E-state index is 12.7. The average Bonchev–Trinajstić information content (AvgIpc) is 3.57. The number of carbonyl (C=O) groups is 2. The Kier molecular flexibility index (Phi) is 7.85. The van der Waals surface area contributed by atoms with E-state index in [1.165, 1.54) is 17.5 Å². The highest BCUT2D eigenvalue weighted by molar-refractivity contribution is 7.80. The van der Waals surface area contributed by atoms with Crippen molar-refractivity contribution in [1.29, 1.82) is 0 Å². The van der Waals surface area contributed by atoms with Gasteiger partial charge in [0, 0.05) is 18.3 Å². The lowest BCUT2D eigenvalue weighted by Crippen LogP contribution is -2.66. The summed E-state index contributed by atoms with van der Waals surface area (Å²) in [6, 6.07) is 20.2. The lowest BCUT2D eigenvalue weighted by atomic mass is 10.2. The van der Waals surface area contributed by atoms with Gasteiger partial charge in [-0.05, 0) is 27.8 Å². The van der Waals surface area contributed by atoms with Crippen LogP contribution in [-0.4, -0.2) is 45.7 Å². The molecule has 0 saturated heterocycles. The zero-order chi connectivity index (χ0) is 23.4. The molecule has 0 heterocycles. The first-order valence-electron chi connectivity index (χ1n) is 11.0. The molecule has 0 unspecified atom stereocenters. The summed E-state index contributed by atoms with van der Waals surface area (Å²) in [4.78, 5) is 24.4. The second kappa shape index (κ2) is 10.2. The number of thiol groups is 1. The Morgan fingerprint density at radius 1 is 1.06 bits per heavy atom. The fourth-order valence-electron chi connectivity index (χ4n) is 4.35. The first-order chi connectivity index (χ1) is 15.2. The number of ether oxygens (including phenoxy) is 1. The van der Waals surface area contributed by atoms with Crippen LogP contribution in [0, 0.1) is 11.8 Å². The SMILES string of the molecule is COC(=O)[C@@H](CS)NC(=O)[C@@H]1C[C@@H]1CO[Si](c1ccccc1)(c1ccccc1)C(C)(C)C. The van der Waals surface area contributed by atoms with E-state index in [0.29, 0.717) is 6.61 Å². The largest absolute Gasteiger partial charge is 0.467 e. The smallest absolute Gasteiger partial charge is 0.329 e. The number of hydrogen-bond acceptors (Lipinski definition) is 5. The van der Waals surface area contributed by atoms with Crippen LogP contribution in [0.5, 0.6) is 0 Å². The van der Waals surface area contributed by atoms with Crippen molar-refractivity contribution in [3.05, 3.63) is 60.7 Å². The molecule has 5 nitrogen and oxygen atoms in total. The Hall–Kier alpha value is -2.09. The molecule has 172 valence electrons. The zero-order valence-corrected chi connectivity index (χ0v) is 21.1. The molecular weight excluding hydrogens is 438 g/mol. The molecule has 3 rings (SSSR count). The van der Waals surface area contributed by atoms with E-state index < -0.39 is 20.3 Å². The molecule has 1 aliphatic rings. The summed E-state index contributed by atoms with van der Waals surface area (Å²) in [6.07, 6.45) is 0.754. The summed E-state index contributed by atoms with van der Waals surface area (Å²) in [5.74, 6) is -0.427. The second-order valence-electron chi connectivity index (χ2n) is 9.34. The van der Waals surface area contributed by atoms with Gasteiger partial charge in [-0.3, -0.25) is 4.79 Å². The zero-order valence-electron chi connectivity index (χ0n) is 19.2. The Bertz CT molecular complexity index is 877. The summed E-state index contributed by atoms with van der Waals surface area (Å²) in [5.41, 5.74) is 0. The van der Waals surface area contributed by atoms with Gasteiger partial charge in [0.25, 0.3) is 8.32 Å². The van der Waals surface area contributed by atoms with Crippen LogP contribution in [0.25, 0.3) is 0 Å². The molecule has 1 N–H and O–H groups in total. The Balaban J connectivity index is 1.79. The highest BCUT2D eigenvalue weighted by Gasteiger charge is 2.52. The van der Waals surface area contributed by atoms with Gasteiger partial charge in [-0.2, -0.15) is 12.6 Å². The lowest BCUT2D eigenvalue weighted by molar-refractivity contribution is -0.144. The first-order valence-corrected chi connectivity index (χ1v) is 13.5. The Morgan fingerprint density at radius 2 is 1.59 bits per heavy atom. The molecule has 1 aliphatic carbocycles. The highest BCUT2D eigenvalue weighted by atomic mass is 32.1. The quantitative estimate of drug-likeness (QED) is 0.335. The van der Waals surface area contributed by atoms with E-state index in [2.05, 4.69) is 87.2 Å². The van der Waals surface area contributed by atoms with Crippen molar-refractivity contribution in [3.8, 4) is 0 Å². The standard InChI is InChI=1S/C25H33NO4SSi/c1-25(2,3)32(19-11-7-5-8-12-19,20-13-9-6-10-14-20)30-16-18-15-21(18)23(27)26-22(17-31)24(28)29-4/h5-14,18,21-22,31H,15-17H2,1-4H3,(H,26,27)/t18-,21-,22-/m1/s1. The number of nitrogens with one attached hydrogen (secondary N) is 1. The molecule has 0 radical (unpaired) electrons. The minimum Gasteiger partial charge on any atom is -0.467 e. The predicted octanol–water partition coefficient (Wildman–Crippen LogP) is 2.79. The van der Waals surface area contributed by atoms with E-state index in [1.54, 1.807) is 0 Å². The summed E-state index contributed by atoms with van der Waals surface area (Å²) < 4.78 is 11.7. The summed E-state index contributed by atoms with van der Waals surface area (Å²) >= 11 is 4.15. The average molecular weight is 472 g/mol. The minimum atomic E-state index is -2.62. The highest BCUT2D eigenvalue weighted by Crippen LogP contribution is 2.42. The monoisotopic (exact) mass is 471 g/mol. The van der Waals surface area contributed by atoms with Crippen molar-refractivity contribution in [2.75, 3.05) is 19.5 Å². The van der Waals surface area contributed by atoms with E-state index in [9.17, 15) is 9.59 Å². The van der Waals surface area contributed by atoms with Gasteiger partial charge in [0.15, 0.2) is 0 Å². The van der Waals surface area contributed by atoms with E-state index >= 15 is 0 Å². The van der Waals surface area contributed by atoms with Gasteiger partial charge in [0.1, 0.15) is 6.04 Å². The van der Waals surface area contributed by atoms with Crippen LogP contribution in [0.15, 0.2) is 60.7 Å². The molecule has 1 fully saturated rings. The number of methoxy groups -OCH3 is 1. The van der Waals surface area contributed by atoms with Crippen molar-refractivity contribution in [1.82, 2.24) is 5.32 Å². The van der Waals surface area contributed by atoms with E-state index in [4.69, 9.17) is 9.16 Å². The third kappa shape index (κ3) is 5.11. The van der Waals surface area contributed by atoms with Gasteiger partial charge in [-0.15, -0.1) is 0 Å². The molecule has 2 aromatic carbocycles. The summed E-state index contributed by atoms with van der Waals surface area (Å²) in [7, 11) is -1.31. The molecule has 1 saturated carbocycles. The van der Waals surface area contributed by atoms with E-state index in [0.717, 1.165) is 6.42 Å². The van der Waals surface area contributed by atoms with Gasteiger partial charge in [0.05, 0.1) is 7.11 Å². The summed E-state index contributed by atoms with van der Waals surface area (Å²) in [5, 5.41) is 5.11. The molecule has 7 heteroatoms. The van der Waals surface area contributed by atoms with E-state index in [1.807, 2.05) is 12.1 Å². The number of hydrogen-bond donors (Lipinski definition) is 2. The molecule has 0 bridgehead atoms. The van der Waals surface area contributed by atoms with Crippen molar-refractivity contribution in [2.45, 2.75) is 38.3 Å². The molecule has 3 atom stereocenters. The number of amides is 1. The molecule has 1 amide bonds. The molecule has 2 aromatic rings. The van der Waals surface area contributed by atoms with Crippen molar-refractivity contribution in [2.24, 2.45) is 11.8 Å². The number of esters is 1. The van der Waals surface area contributed by atoms with Crippen molar-refractivity contribution < 1.29 is 18.8 Å². The molecule has 0 aliphatic heterocycles. The molecule has 0 aromatic heterocycles. The van der Waals surface area contributed by atoms with Gasteiger partial charge in [0.2, 0.25) is 5.91 Å². The third-order valence-electron chi connectivity index (χ3n) is 6.17. The molecule has 32 heavy (non-hydrogen) atoms. The van der Waals surface area contributed by atoms with Crippen molar-refractivity contribution >= 4 is 43.2 Å². The number of benzene rings is 2. The van der Waals surface area contributed by atoms with Gasteiger partial charge >= 0.3 is 5.97 Å². The van der Waals surface area contributed by atoms with Gasteiger partial charge in [-0.25, -0.2) is 4.79 Å². The first kappa shape index (κ1) is 24.5. The fourth-order valence-corrected chi connectivity index (χ4v) is 9.21. The fraction of sp³-hybridized carbons (Fsp3) is 0.440. The Morgan fingerprint density at radius 3 is 2.03 bits per heavy atom. The van der Waals surface area contributed by atoms with Crippen LogP contribution < -0.4 is 15.7 Å². The van der Waals surface area contributed by atoms with Gasteiger partial charge in [-0.1, -0.05) is 81.4 Å². The van der Waals surface area contributed by atoms with Crippen LogP contribution in [0.4, 0.5) is 0 Å². The predicted molar refractivity (Wildman–Crippen MR) is 133 cm³/mol. The van der Waals surface area contributed by atoms with Crippen LogP contribution in [0.2, 0.25) is 5.04 Å². The van der Waals surface area contributed by atoms with Crippen LogP contribution in [0.1, 0.15) is 27.2 Å². The van der Waals surface area contributed by atoms with Crippen LogP contribution >= 0.6 is 12.6 Å². The van der Waals surface area contributed by atoms with E-state index in [-0.39, 0.29) is 28.5 Å². The summed E-state index contributed by atoms with van der Waals surface area (Å²) in [6.45, 7) is 7.23. The minimum absolute atomic E-state index is 0.107. The number of rotatable bonds is 9. The Labute approximate surface area is 197 Å². The van der Waals surface area contributed by atoms with Gasteiger partial charge < -0.3 is 14.5 Å². The maximum atomic E-state index is 12.7. The third-order valence-corrected chi connectivity index (χ3v) is 11.5. The van der Waals surface area contributed by atoms with Crippen molar-refractivity contribution in [3.63, 3.8) is 0 Å². The number of carbonyl (C=O) groups excluding carboxylic acids is 2. The normalized spacial score (nSPS) is 19.2. The topological polar surface area (TPSA) is 64.6 Å².